The van der Waals surface area contributed by atoms with E-state index in [9.17, 15) is 19.5 Å². The van der Waals surface area contributed by atoms with Crippen LogP contribution in [0, 0.1) is 0 Å². The number of hydrogen-bond acceptors (Lipinski definition) is 6. The quantitative estimate of drug-likeness (QED) is 0.0364. The van der Waals surface area contributed by atoms with Crippen LogP contribution in [-0.2, 0) is 19.1 Å². The number of unbranched alkanes of at least 4 members (excludes halogenated alkanes) is 23. The SMILES string of the molecule is CCCCCCCCCCCC(O)CCCCCCCC.CCCCCCCCCCCCCC(=O)OC(=O)C(N)CCC(=O)O. The summed E-state index contributed by atoms with van der Waals surface area (Å²) in [5, 5.41) is 18.5. The molecule has 7 nitrogen and oxygen atoms in total. The zero-order valence-corrected chi connectivity index (χ0v) is 30.7. The number of aliphatic carboxylic acids is 1. The highest BCUT2D eigenvalue weighted by molar-refractivity contribution is 5.88. The van der Waals surface area contributed by atoms with Gasteiger partial charge in [0, 0.05) is 12.8 Å². The fourth-order valence-corrected chi connectivity index (χ4v) is 5.56. The molecule has 0 aromatic carbocycles. The normalized spacial score (nSPS) is 12.3. The fraction of sp³-hybridized carbons (Fsp3) is 0.923. The Bertz CT molecular complexity index is 671. The summed E-state index contributed by atoms with van der Waals surface area (Å²) in [7, 11) is 0. The van der Waals surface area contributed by atoms with Crippen molar-refractivity contribution in [1.82, 2.24) is 0 Å². The van der Waals surface area contributed by atoms with Gasteiger partial charge >= 0.3 is 17.9 Å². The van der Waals surface area contributed by atoms with E-state index in [0.717, 1.165) is 25.7 Å². The van der Waals surface area contributed by atoms with E-state index in [2.05, 4.69) is 25.5 Å². The van der Waals surface area contributed by atoms with Crippen molar-refractivity contribution in [3.05, 3.63) is 0 Å². The van der Waals surface area contributed by atoms with Crippen molar-refractivity contribution in [1.29, 1.82) is 0 Å². The maximum atomic E-state index is 11.5. The molecule has 0 heterocycles. The second-order valence-corrected chi connectivity index (χ2v) is 13.4. The first-order valence-electron chi connectivity index (χ1n) is 19.7. The highest BCUT2D eigenvalue weighted by Gasteiger charge is 2.19. The minimum Gasteiger partial charge on any atom is -0.481 e. The zero-order chi connectivity index (χ0) is 34.5. The van der Waals surface area contributed by atoms with E-state index in [-0.39, 0.29) is 25.4 Å². The van der Waals surface area contributed by atoms with Gasteiger partial charge < -0.3 is 20.7 Å². The van der Waals surface area contributed by atoms with Crippen molar-refractivity contribution in [3.8, 4) is 0 Å². The van der Waals surface area contributed by atoms with E-state index in [1.165, 1.54) is 148 Å². The number of carbonyl (C=O) groups is 3. The van der Waals surface area contributed by atoms with E-state index < -0.39 is 23.9 Å². The van der Waals surface area contributed by atoms with Crippen LogP contribution in [0.2, 0.25) is 0 Å². The lowest BCUT2D eigenvalue weighted by atomic mass is 10.0. The average Bonchev–Trinajstić information content (AvgIpc) is 3.03. The van der Waals surface area contributed by atoms with Crippen LogP contribution >= 0.6 is 0 Å². The van der Waals surface area contributed by atoms with Gasteiger partial charge in [-0.25, -0.2) is 4.79 Å². The molecule has 0 rings (SSSR count). The Labute approximate surface area is 284 Å². The monoisotopic (exact) mass is 656 g/mol. The third-order valence-corrected chi connectivity index (χ3v) is 8.70. The maximum absolute atomic E-state index is 11.5. The molecule has 0 aliphatic rings. The van der Waals surface area contributed by atoms with Crippen LogP contribution in [-0.4, -0.2) is 40.3 Å². The van der Waals surface area contributed by atoms with Gasteiger partial charge in [-0.1, -0.05) is 181 Å². The number of ether oxygens (including phenoxy) is 1. The molecule has 0 spiro atoms. The first-order chi connectivity index (χ1) is 22.3. The van der Waals surface area contributed by atoms with Gasteiger partial charge in [-0.3, -0.25) is 9.59 Å². The van der Waals surface area contributed by atoms with Gasteiger partial charge in [0.25, 0.3) is 0 Å². The summed E-state index contributed by atoms with van der Waals surface area (Å²) in [5.41, 5.74) is 5.48. The molecule has 7 heteroatoms. The van der Waals surface area contributed by atoms with Crippen molar-refractivity contribution >= 4 is 17.9 Å². The Morgan fingerprint density at radius 3 is 1.17 bits per heavy atom. The van der Waals surface area contributed by atoms with Crippen molar-refractivity contribution in [2.75, 3.05) is 0 Å². The molecule has 4 N–H and O–H groups in total. The molecule has 46 heavy (non-hydrogen) atoms. The second-order valence-electron chi connectivity index (χ2n) is 13.4. The number of aliphatic hydroxyl groups excluding tert-OH is 1. The van der Waals surface area contributed by atoms with Crippen LogP contribution < -0.4 is 5.73 Å². The molecular formula is C39H77NO6. The average molecular weight is 656 g/mol. The Balaban J connectivity index is 0. The summed E-state index contributed by atoms with van der Waals surface area (Å²) in [5.74, 6) is -2.45. The van der Waals surface area contributed by atoms with E-state index in [1.54, 1.807) is 0 Å². The lowest BCUT2D eigenvalue weighted by molar-refractivity contribution is -0.160. The largest absolute Gasteiger partial charge is 0.481 e. The molecule has 0 aliphatic heterocycles. The molecule has 0 fully saturated rings. The third-order valence-electron chi connectivity index (χ3n) is 8.70. The number of hydrogen-bond donors (Lipinski definition) is 3. The molecule has 2 unspecified atom stereocenters. The second kappa shape index (κ2) is 38.0. The Kier molecular flexibility index (Phi) is 38.5. The number of nitrogens with two attached hydrogens (primary N) is 1. The van der Waals surface area contributed by atoms with Crippen LogP contribution in [0.4, 0.5) is 0 Å². The van der Waals surface area contributed by atoms with Gasteiger partial charge in [-0.2, -0.15) is 0 Å². The standard InChI is InChI=1S/C20H42O.C19H35NO5/c1-3-5-7-9-11-12-13-15-17-19-20(21)18-16-14-10-8-6-4-2;1-2-3-4-5-6-7-8-9-10-11-12-13-18(23)25-19(24)16(20)14-15-17(21)22/h20-21H,3-19H2,1-2H3;16H,2-15,20H2,1H3,(H,21,22). The van der Waals surface area contributed by atoms with Crippen molar-refractivity contribution in [2.24, 2.45) is 5.73 Å². The summed E-state index contributed by atoms with van der Waals surface area (Å²) < 4.78 is 4.64. The summed E-state index contributed by atoms with van der Waals surface area (Å²) in [6.07, 6.45) is 35.4. The van der Waals surface area contributed by atoms with Crippen LogP contribution in [0.3, 0.4) is 0 Å². The van der Waals surface area contributed by atoms with Crippen molar-refractivity contribution < 1.29 is 29.3 Å². The summed E-state index contributed by atoms with van der Waals surface area (Å²) in [6.45, 7) is 6.75. The number of carboxylic acids is 1. The molecule has 2 atom stereocenters. The topological polar surface area (TPSA) is 127 Å². The Morgan fingerprint density at radius 1 is 0.500 bits per heavy atom. The minimum absolute atomic E-state index is 0.0271. The molecule has 0 aliphatic carbocycles. The first kappa shape index (κ1) is 46.6. The van der Waals surface area contributed by atoms with E-state index >= 15 is 0 Å². The molecular weight excluding hydrogens is 578 g/mol. The van der Waals surface area contributed by atoms with Crippen LogP contribution in [0.25, 0.3) is 0 Å². The van der Waals surface area contributed by atoms with Crippen molar-refractivity contribution in [2.45, 2.75) is 232 Å². The van der Waals surface area contributed by atoms with Gasteiger partial charge in [-0.15, -0.1) is 0 Å². The molecule has 274 valence electrons. The molecule has 0 radical (unpaired) electrons. The van der Waals surface area contributed by atoms with E-state index in [1.807, 2.05) is 0 Å². The van der Waals surface area contributed by atoms with Gasteiger partial charge in [0.15, 0.2) is 0 Å². The molecule has 0 saturated carbocycles. The molecule has 0 aromatic heterocycles. The third kappa shape index (κ3) is 38.7. The number of aliphatic hydroxyl groups is 1. The van der Waals surface area contributed by atoms with E-state index in [4.69, 9.17) is 10.8 Å². The van der Waals surface area contributed by atoms with Gasteiger partial charge in [-0.05, 0) is 25.7 Å². The summed E-state index contributed by atoms with van der Waals surface area (Å²) in [6, 6.07) is -1.06. The van der Waals surface area contributed by atoms with Gasteiger partial charge in [0.1, 0.15) is 6.04 Å². The molecule has 0 amide bonds. The van der Waals surface area contributed by atoms with Crippen LogP contribution in [0.15, 0.2) is 0 Å². The van der Waals surface area contributed by atoms with Gasteiger partial charge in [0.2, 0.25) is 0 Å². The number of carbonyl (C=O) groups excluding carboxylic acids is 2. The zero-order valence-electron chi connectivity index (χ0n) is 30.7. The highest BCUT2D eigenvalue weighted by atomic mass is 16.6. The summed E-state index contributed by atoms with van der Waals surface area (Å²) >= 11 is 0. The molecule has 0 aromatic rings. The Hall–Kier alpha value is -1.47. The van der Waals surface area contributed by atoms with Crippen LogP contribution in [0.1, 0.15) is 220 Å². The number of esters is 2. The lowest BCUT2D eigenvalue weighted by Crippen LogP contribution is -2.34. The predicted octanol–water partition coefficient (Wildman–Crippen LogP) is 11.0. The lowest BCUT2D eigenvalue weighted by Gasteiger charge is -2.10. The van der Waals surface area contributed by atoms with Crippen molar-refractivity contribution in [3.63, 3.8) is 0 Å². The fourth-order valence-electron chi connectivity index (χ4n) is 5.56. The predicted molar refractivity (Wildman–Crippen MR) is 193 cm³/mol. The summed E-state index contributed by atoms with van der Waals surface area (Å²) in [4.78, 5) is 33.4. The molecule has 0 saturated heterocycles. The number of carboxylic acid groups (broad SMARTS) is 1. The van der Waals surface area contributed by atoms with Gasteiger partial charge in [0.05, 0.1) is 6.10 Å². The molecule has 0 bridgehead atoms. The smallest absolute Gasteiger partial charge is 0.330 e. The Morgan fingerprint density at radius 2 is 0.826 bits per heavy atom. The maximum Gasteiger partial charge on any atom is 0.330 e. The van der Waals surface area contributed by atoms with Crippen LogP contribution in [0.5, 0.6) is 0 Å². The number of rotatable bonds is 33. The minimum atomic E-state index is -1.06. The highest BCUT2D eigenvalue weighted by Crippen LogP contribution is 2.15. The van der Waals surface area contributed by atoms with E-state index in [0.29, 0.717) is 6.42 Å². The first-order valence-corrected chi connectivity index (χ1v) is 19.7.